The standard InChI is InChI=1S/C15H17NO4S/c1-18-13-6-5-12(8-14(13)19-2)21-10-15(17)16-9-11-4-3-7-20-11/h3-8H,9-10H2,1-2H3,(H,16,17). The van der Waals surface area contributed by atoms with Crippen molar-refractivity contribution in [2.24, 2.45) is 0 Å². The minimum atomic E-state index is -0.0498. The Balaban J connectivity index is 1.83. The van der Waals surface area contributed by atoms with Gasteiger partial charge in [-0.3, -0.25) is 4.79 Å². The van der Waals surface area contributed by atoms with Crippen LogP contribution < -0.4 is 14.8 Å². The maximum absolute atomic E-state index is 11.8. The number of methoxy groups -OCH3 is 2. The summed E-state index contributed by atoms with van der Waals surface area (Å²) in [6.07, 6.45) is 1.58. The van der Waals surface area contributed by atoms with Gasteiger partial charge < -0.3 is 19.2 Å². The van der Waals surface area contributed by atoms with E-state index < -0.39 is 0 Å². The van der Waals surface area contributed by atoms with Gasteiger partial charge in [0.1, 0.15) is 5.76 Å². The van der Waals surface area contributed by atoms with Crippen molar-refractivity contribution in [1.82, 2.24) is 5.32 Å². The fourth-order valence-corrected chi connectivity index (χ4v) is 2.46. The Labute approximate surface area is 127 Å². The number of ether oxygens (including phenoxy) is 2. The zero-order valence-electron chi connectivity index (χ0n) is 11.9. The zero-order chi connectivity index (χ0) is 15.1. The van der Waals surface area contributed by atoms with Gasteiger partial charge in [0.25, 0.3) is 0 Å². The van der Waals surface area contributed by atoms with Crippen LogP contribution in [0.15, 0.2) is 45.9 Å². The molecule has 2 aromatic rings. The normalized spacial score (nSPS) is 10.2. The van der Waals surface area contributed by atoms with Crippen molar-refractivity contribution in [3.05, 3.63) is 42.4 Å². The average molecular weight is 307 g/mol. The number of benzene rings is 1. The van der Waals surface area contributed by atoms with E-state index in [0.717, 1.165) is 10.7 Å². The minimum absolute atomic E-state index is 0.0498. The molecule has 0 saturated heterocycles. The predicted octanol–water partition coefficient (Wildman–Crippen LogP) is 2.71. The van der Waals surface area contributed by atoms with Gasteiger partial charge in [0.2, 0.25) is 5.91 Å². The SMILES string of the molecule is COc1ccc(SCC(=O)NCc2ccco2)cc1OC. The van der Waals surface area contributed by atoms with E-state index in [2.05, 4.69) is 5.32 Å². The van der Waals surface area contributed by atoms with Crippen molar-refractivity contribution in [2.75, 3.05) is 20.0 Å². The van der Waals surface area contributed by atoms with Gasteiger partial charge in [-0.2, -0.15) is 0 Å². The van der Waals surface area contributed by atoms with Crippen molar-refractivity contribution in [3.8, 4) is 11.5 Å². The molecule has 21 heavy (non-hydrogen) atoms. The molecule has 0 saturated carbocycles. The van der Waals surface area contributed by atoms with Gasteiger partial charge >= 0.3 is 0 Å². The minimum Gasteiger partial charge on any atom is -0.493 e. The van der Waals surface area contributed by atoms with Crippen LogP contribution in [0.5, 0.6) is 11.5 Å². The molecule has 0 aliphatic carbocycles. The molecule has 0 aliphatic heterocycles. The third-order valence-corrected chi connectivity index (χ3v) is 3.76. The highest BCUT2D eigenvalue weighted by Gasteiger charge is 2.07. The second-order valence-corrected chi connectivity index (χ2v) is 5.21. The Morgan fingerprint density at radius 2 is 2.05 bits per heavy atom. The van der Waals surface area contributed by atoms with E-state index >= 15 is 0 Å². The number of furan rings is 1. The van der Waals surface area contributed by atoms with Gasteiger partial charge in [-0.15, -0.1) is 11.8 Å². The summed E-state index contributed by atoms with van der Waals surface area (Å²) in [6.45, 7) is 0.401. The molecule has 5 nitrogen and oxygen atoms in total. The monoisotopic (exact) mass is 307 g/mol. The van der Waals surface area contributed by atoms with Crippen LogP contribution in [-0.4, -0.2) is 25.9 Å². The summed E-state index contributed by atoms with van der Waals surface area (Å²) in [5.74, 6) is 2.34. The fourth-order valence-electron chi connectivity index (χ4n) is 1.71. The lowest BCUT2D eigenvalue weighted by Gasteiger charge is -2.09. The third-order valence-electron chi connectivity index (χ3n) is 2.76. The van der Waals surface area contributed by atoms with Crippen molar-refractivity contribution in [1.29, 1.82) is 0 Å². The van der Waals surface area contributed by atoms with Crippen LogP contribution >= 0.6 is 11.8 Å². The van der Waals surface area contributed by atoms with Gasteiger partial charge in [0.15, 0.2) is 11.5 Å². The molecule has 1 aromatic carbocycles. The molecular weight excluding hydrogens is 290 g/mol. The van der Waals surface area contributed by atoms with Gasteiger partial charge in [-0.05, 0) is 30.3 Å². The van der Waals surface area contributed by atoms with E-state index in [1.807, 2.05) is 24.3 Å². The predicted molar refractivity (Wildman–Crippen MR) is 80.8 cm³/mol. The topological polar surface area (TPSA) is 60.7 Å². The highest BCUT2D eigenvalue weighted by atomic mass is 32.2. The smallest absolute Gasteiger partial charge is 0.230 e. The number of carbonyl (C=O) groups excluding carboxylic acids is 1. The fraction of sp³-hybridized carbons (Fsp3) is 0.267. The Morgan fingerprint density at radius 1 is 1.24 bits per heavy atom. The number of amides is 1. The van der Waals surface area contributed by atoms with Gasteiger partial charge in [0, 0.05) is 4.90 Å². The molecule has 0 radical (unpaired) electrons. The Hall–Kier alpha value is -2.08. The van der Waals surface area contributed by atoms with Crippen molar-refractivity contribution in [2.45, 2.75) is 11.4 Å². The van der Waals surface area contributed by atoms with Gasteiger partial charge in [-0.25, -0.2) is 0 Å². The van der Waals surface area contributed by atoms with Crippen LogP contribution in [0.2, 0.25) is 0 Å². The number of carbonyl (C=O) groups is 1. The van der Waals surface area contributed by atoms with Gasteiger partial charge in [0.05, 0.1) is 32.8 Å². The molecule has 0 atom stereocenters. The molecule has 1 heterocycles. The number of thioether (sulfide) groups is 1. The zero-order valence-corrected chi connectivity index (χ0v) is 12.7. The molecule has 112 valence electrons. The number of rotatable bonds is 7. The summed E-state index contributed by atoms with van der Waals surface area (Å²) < 4.78 is 15.6. The Bertz CT molecular complexity index is 583. The van der Waals surface area contributed by atoms with Crippen molar-refractivity contribution >= 4 is 17.7 Å². The van der Waals surface area contributed by atoms with Crippen LogP contribution in [0.1, 0.15) is 5.76 Å². The molecule has 0 fully saturated rings. The summed E-state index contributed by atoms with van der Waals surface area (Å²) in [5, 5.41) is 2.80. The molecule has 6 heteroatoms. The van der Waals surface area contributed by atoms with E-state index in [9.17, 15) is 4.79 Å². The largest absolute Gasteiger partial charge is 0.493 e. The summed E-state index contributed by atoms with van der Waals surface area (Å²) in [7, 11) is 3.18. The first-order valence-electron chi connectivity index (χ1n) is 6.37. The lowest BCUT2D eigenvalue weighted by molar-refractivity contribution is -0.118. The maximum Gasteiger partial charge on any atom is 0.230 e. The Kier molecular flexibility index (Phi) is 5.57. The van der Waals surface area contributed by atoms with Crippen molar-refractivity contribution in [3.63, 3.8) is 0 Å². The van der Waals surface area contributed by atoms with E-state index in [1.54, 1.807) is 26.5 Å². The molecule has 0 bridgehead atoms. The average Bonchev–Trinajstić information content (AvgIpc) is 3.04. The van der Waals surface area contributed by atoms with Crippen LogP contribution in [0.25, 0.3) is 0 Å². The second-order valence-electron chi connectivity index (χ2n) is 4.16. The molecule has 0 unspecified atom stereocenters. The summed E-state index contributed by atoms with van der Waals surface area (Å²) in [4.78, 5) is 12.7. The highest BCUT2D eigenvalue weighted by molar-refractivity contribution is 8.00. The van der Waals surface area contributed by atoms with E-state index in [1.165, 1.54) is 11.8 Å². The quantitative estimate of drug-likeness (QED) is 0.797. The van der Waals surface area contributed by atoms with Crippen LogP contribution in [0, 0.1) is 0 Å². The first-order chi connectivity index (χ1) is 10.2. The first kappa shape index (κ1) is 15.3. The summed E-state index contributed by atoms with van der Waals surface area (Å²) in [5.41, 5.74) is 0. The number of nitrogens with one attached hydrogen (secondary N) is 1. The van der Waals surface area contributed by atoms with E-state index in [0.29, 0.717) is 23.8 Å². The molecule has 1 N–H and O–H groups in total. The van der Waals surface area contributed by atoms with Gasteiger partial charge in [-0.1, -0.05) is 0 Å². The third kappa shape index (κ3) is 4.46. The molecule has 2 rings (SSSR count). The van der Waals surface area contributed by atoms with Crippen LogP contribution in [0.3, 0.4) is 0 Å². The Morgan fingerprint density at radius 3 is 2.71 bits per heavy atom. The number of hydrogen-bond acceptors (Lipinski definition) is 5. The molecule has 0 aliphatic rings. The first-order valence-corrected chi connectivity index (χ1v) is 7.35. The van der Waals surface area contributed by atoms with Crippen LogP contribution in [0.4, 0.5) is 0 Å². The summed E-state index contributed by atoms with van der Waals surface area (Å²) >= 11 is 1.44. The molecular formula is C15H17NO4S. The van der Waals surface area contributed by atoms with E-state index in [-0.39, 0.29) is 5.91 Å². The molecule has 0 spiro atoms. The second kappa shape index (κ2) is 7.64. The lowest BCUT2D eigenvalue weighted by atomic mass is 10.3. The highest BCUT2D eigenvalue weighted by Crippen LogP contribution is 2.31. The lowest BCUT2D eigenvalue weighted by Crippen LogP contribution is -2.24. The number of hydrogen-bond donors (Lipinski definition) is 1. The van der Waals surface area contributed by atoms with Crippen molar-refractivity contribution < 1.29 is 18.7 Å². The van der Waals surface area contributed by atoms with Crippen LogP contribution in [-0.2, 0) is 11.3 Å². The maximum atomic E-state index is 11.8. The van der Waals surface area contributed by atoms with E-state index in [4.69, 9.17) is 13.9 Å². The summed E-state index contributed by atoms with van der Waals surface area (Å²) in [6, 6.07) is 9.18. The molecule has 1 amide bonds. The molecule has 1 aromatic heterocycles.